The van der Waals surface area contributed by atoms with Gasteiger partial charge in [0.05, 0.1) is 44.3 Å². The van der Waals surface area contributed by atoms with Crippen LogP contribution in [0.3, 0.4) is 0 Å². The number of ether oxygens (including phenoxy) is 4. The molecular weight excluding hydrogens is 422 g/mol. The summed E-state index contributed by atoms with van der Waals surface area (Å²) < 4.78 is 50.2. The fourth-order valence-electron chi connectivity index (χ4n) is 2.93. The Morgan fingerprint density at radius 3 is 2.32 bits per heavy atom. The van der Waals surface area contributed by atoms with Gasteiger partial charge in [0.25, 0.3) is 0 Å². The van der Waals surface area contributed by atoms with E-state index in [0.717, 1.165) is 0 Å². The third-order valence-corrected chi connectivity index (χ3v) is 5.76. The molecule has 8 nitrogen and oxygen atoms in total. The summed E-state index contributed by atoms with van der Waals surface area (Å²) in [5.41, 5.74) is 0.576. The number of hydrogen-bond donors (Lipinski definition) is 1. The molecule has 9 heteroatoms. The van der Waals surface area contributed by atoms with Crippen molar-refractivity contribution in [2.45, 2.75) is 38.1 Å². The van der Waals surface area contributed by atoms with Crippen LogP contribution in [0.2, 0.25) is 0 Å². The first-order valence-electron chi connectivity index (χ1n) is 10.1. The van der Waals surface area contributed by atoms with Gasteiger partial charge < -0.3 is 18.9 Å². The largest absolute Gasteiger partial charge is 0.497 e. The quantitative estimate of drug-likeness (QED) is 0.493. The molecule has 0 aliphatic carbocycles. The molecule has 1 N–H and O–H groups in total. The van der Waals surface area contributed by atoms with Crippen molar-refractivity contribution < 1.29 is 32.2 Å². The third kappa shape index (κ3) is 6.86. The second-order valence-corrected chi connectivity index (χ2v) is 8.15. The molecule has 0 saturated heterocycles. The highest BCUT2D eigenvalue weighted by atomic mass is 32.2. The predicted molar refractivity (Wildman–Crippen MR) is 116 cm³/mol. The molecule has 2 aromatic carbocycles. The molecule has 1 atom stereocenters. The van der Waals surface area contributed by atoms with Gasteiger partial charge in [0, 0.05) is 6.07 Å². The van der Waals surface area contributed by atoms with Gasteiger partial charge >= 0.3 is 5.97 Å². The first-order valence-corrected chi connectivity index (χ1v) is 11.5. The fraction of sp³-hybridized carbons (Fsp3) is 0.409. The highest BCUT2D eigenvalue weighted by Crippen LogP contribution is 2.31. The SMILES string of the molecule is CCOC(=O)CC(NS(=O)(=O)c1ccc(OCC)c(OCC)c1)c1cccc(OC)c1. The molecule has 0 amide bonds. The average molecular weight is 452 g/mol. The van der Waals surface area contributed by atoms with Crippen molar-refractivity contribution in [3.8, 4) is 17.2 Å². The van der Waals surface area contributed by atoms with Crippen LogP contribution in [0.15, 0.2) is 47.4 Å². The Labute approximate surface area is 183 Å². The fourth-order valence-corrected chi connectivity index (χ4v) is 4.17. The topological polar surface area (TPSA) is 100 Å². The second-order valence-electron chi connectivity index (χ2n) is 6.43. The van der Waals surface area contributed by atoms with Crippen molar-refractivity contribution in [2.24, 2.45) is 0 Å². The molecule has 0 radical (unpaired) electrons. The van der Waals surface area contributed by atoms with Crippen LogP contribution in [0.1, 0.15) is 38.8 Å². The van der Waals surface area contributed by atoms with Crippen LogP contribution in [0, 0.1) is 0 Å². The van der Waals surface area contributed by atoms with E-state index in [1.54, 1.807) is 44.2 Å². The molecule has 0 aliphatic heterocycles. The summed E-state index contributed by atoms with van der Waals surface area (Å²) in [6.07, 6.45) is -0.171. The molecule has 0 spiro atoms. The third-order valence-electron chi connectivity index (χ3n) is 4.29. The van der Waals surface area contributed by atoms with Crippen molar-refractivity contribution >= 4 is 16.0 Å². The molecule has 0 saturated carbocycles. The molecule has 31 heavy (non-hydrogen) atoms. The van der Waals surface area contributed by atoms with Crippen LogP contribution in [-0.4, -0.2) is 41.3 Å². The summed E-state index contributed by atoms with van der Waals surface area (Å²) in [6.45, 7) is 6.29. The van der Waals surface area contributed by atoms with Gasteiger partial charge in [-0.25, -0.2) is 13.1 Å². The van der Waals surface area contributed by atoms with Gasteiger partial charge in [0.2, 0.25) is 10.0 Å². The molecule has 0 aliphatic rings. The zero-order valence-corrected chi connectivity index (χ0v) is 19.0. The summed E-state index contributed by atoms with van der Waals surface area (Å²) in [4.78, 5) is 12.1. The average Bonchev–Trinajstić information content (AvgIpc) is 2.75. The number of benzene rings is 2. The number of rotatable bonds is 12. The lowest BCUT2D eigenvalue weighted by Gasteiger charge is -2.20. The smallest absolute Gasteiger partial charge is 0.307 e. The monoisotopic (exact) mass is 451 g/mol. The Kier molecular flexibility index (Phi) is 9.14. The summed E-state index contributed by atoms with van der Waals surface area (Å²) in [5, 5.41) is 0. The van der Waals surface area contributed by atoms with E-state index in [1.807, 2.05) is 6.92 Å². The molecule has 0 bridgehead atoms. The number of sulfonamides is 1. The van der Waals surface area contributed by atoms with Crippen LogP contribution in [0.25, 0.3) is 0 Å². The van der Waals surface area contributed by atoms with Gasteiger partial charge in [-0.15, -0.1) is 0 Å². The molecular formula is C22H29NO7S. The van der Waals surface area contributed by atoms with Crippen molar-refractivity contribution in [3.63, 3.8) is 0 Å². The number of carbonyl (C=O) groups is 1. The highest BCUT2D eigenvalue weighted by molar-refractivity contribution is 7.89. The van der Waals surface area contributed by atoms with Crippen LogP contribution < -0.4 is 18.9 Å². The lowest BCUT2D eigenvalue weighted by molar-refractivity contribution is -0.143. The normalized spacial score (nSPS) is 12.1. The van der Waals surface area contributed by atoms with Crippen LogP contribution in [-0.2, 0) is 19.6 Å². The molecule has 0 heterocycles. The van der Waals surface area contributed by atoms with Gasteiger partial charge in [-0.3, -0.25) is 4.79 Å². The van der Waals surface area contributed by atoms with E-state index < -0.39 is 22.0 Å². The Hall–Kier alpha value is -2.78. The summed E-state index contributed by atoms with van der Waals surface area (Å²) in [5.74, 6) is 0.819. The molecule has 0 aromatic heterocycles. The Morgan fingerprint density at radius 2 is 1.68 bits per heavy atom. The number of hydrogen-bond acceptors (Lipinski definition) is 7. The number of carbonyl (C=O) groups excluding carboxylic acids is 1. The molecule has 170 valence electrons. The lowest BCUT2D eigenvalue weighted by Crippen LogP contribution is -2.31. The molecule has 0 fully saturated rings. The number of methoxy groups -OCH3 is 1. The Balaban J connectivity index is 2.39. The number of esters is 1. The van der Waals surface area contributed by atoms with E-state index in [-0.39, 0.29) is 17.9 Å². The van der Waals surface area contributed by atoms with Gasteiger partial charge in [0.15, 0.2) is 11.5 Å². The van der Waals surface area contributed by atoms with E-state index in [9.17, 15) is 13.2 Å². The van der Waals surface area contributed by atoms with Gasteiger partial charge in [-0.05, 0) is 50.6 Å². The van der Waals surface area contributed by atoms with Crippen molar-refractivity contribution in [1.29, 1.82) is 0 Å². The zero-order valence-electron chi connectivity index (χ0n) is 18.2. The minimum atomic E-state index is -3.99. The minimum absolute atomic E-state index is 0.00356. The maximum atomic E-state index is 13.1. The summed E-state index contributed by atoms with van der Waals surface area (Å²) in [6, 6.07) is 10.4. The Morgan fingerprint density at radius 1 is 0.968 bits per heavy atom. The van der Waals surface area contributed by atoms with E-state index >= 15 is 0 Å². The van der Waals surface area contributed by atoms with Crippen molar-refractivity contribution in [3.05, 3.63) is 48.0 Å². The van der Waals surface area contributed by atoms with Gasteiger partial charge in [-0.1, -0.05) is 12.1 Å². The van der Waals surface area contributed by atoms with Gasteiger partial charge in [-0.2, -0.15) is 0 Å². The van der Waals surface area contributed by atoms with Gasteiger partial charge in [0.1, 0.15) is 5.75 Å². The zero-order chi connectivity index (χ0) is 22.9. The van der Waals surface area contributed by atoms with Crippen LogP contribution in [0.5, 0.6) is 17.2 Å². The predicted octanol–water partition coefficient (Wildman–Crippen LogP) is 3.47. The number of nitrogens with one attached hydrogen (secondary N) is 1. The van der Waals surface area contributed by atoms with Crippen LogP contribution >= 0.6 is 0 Å². The molecule has 2 rings (SSSR count). The first-order chi connectivity index (χ1) is 14.8. The van der Waals surface area contributed by atoms with E-state index in [2.05, 4.69) is 4.72 Å². The summed E-state index contributed by atoms with van der Waals surface area (Å²) in [7, 11) is -2.48. The van der Waals surface area contributed by atoms with E-state index in [0.29, 0.717) is 36.0 Å². The second kappa shape index (κ2) is 11.6. The van der Waals surface area contributed by atoms with E-state index in [1.165, 1.54) is 19.2 Å². The Bertz CT molecular complexity index is 976. The standard InChI is InChI=1S/C22H29NO7S/c1-5-28-20-12-11-18(14-21(20)29-6-2)31(25,26)23-19(15-22(24)30-7-3)16-9-8-10-17(13-16)27-4/h8-14,19,23H,5-7,15H2,1-4H3. The first kappa shape index (κ1) is 24.5. The summed E-state index contributed by atoms with van der Waals surface area (Å²) >= 11 is 0. The highest BCUT2D eigenvalue weighted by Gasteiger charge is 2.26. The van der Waals surface area contributed by atoms with Crippen molar-refractivity contribution in [2.75, 3.05) is 26.9 Å². The molecule has 1 unspecified atom stereocenters. The molecule has 2 aromatic rings. The van der Waals surface area contributed by atoms with E-state index in [4.69, 9.17) is 18.9 Å². The minimum Gasteiger partial charge on any atom is -0.497 e. The van der Waals surface area contributed by atoms with Crippen LogP contribution in [0.4, 0.5) is 0 Å². The van der Waals surface area contributed by atoms with Crippen molar-refractivity contribution in [1.82, 2.24) is 4.72 Å². The lowest BCUT2D eigenvalue weighted by atomic mass is 10.0. The maximum absolute atomic E-state index is 13.1. The maximum Gasteiger partial charge on any atom is 0.307 e.